The molecule has 3 rings (SSSR count). The molecule has 0 saturated heterocycles. The Kier molecular flexibility index (Phi) is 9.56. The third kappa shape index (κ3) is 8.31. The third-order valence-corrected chi connectivity index (χ3v) is 6.97. The summed E-state index contributed by atoms with van der Waals surface area (Å²) in [6.45, 7) is 9.05. The molecule has 0 N–H and O–H groups in total. The number of fused-ring (bicyclic) bond motifs is 1. The highest BCUT2D eigenvalue weighted by Crippen LogP contribution is 2.25. The fraction of sp³-hybridized carbons (Fsp3) is 0.462. The molecule has 0 saturated carbocycles. The van der Waals surface area contributed by atoms with Gasteiger partial charge in [0.1, 0.15) is 29.7 Å². The van der Waals surface area contributed by atoms with Crippen molar-refractivity contribution in [2.75, 3.05) is 23.9 Å². The highest BCUT2D eigenvalue weighted by Gasteiger charge is 2.18. The van der Waals surface area contributed by atoms with Crippen LogP contribution >= 0.6 is 23.5 Å². The van der Waals surface area contributed by atoms with Gasteiger partial charge >= 0.3 is 5.97 Å². The lowest BCUT2D eigenvalue weighted by Crippen LogP contribution is -2.28. The largest absolute Gasteiger partial charge is 0.490 e. The minimum absolute atomic E-state index is 0.0961. The maximum Gasteiger partial charge on any atom is 0.316 e. The van der Waals surface area contributed by atoms with Crippen LogP contribution in [-0.4, -0.2) is 40.9 Å². The van der Waals surface area contributed by atoms with Gasteiger partial charge in [0.25, 0.3) is 5.22 Å². The van der Waals surface area contributed by atoms with Crippen LogP contribution in [0.4, 0.5) is 0 Å². The first kappa shape index (κ1) is 25.5. The van der Waals surface area contributed by atoms with Gasteiger partial charge in [-0.15, -0.1) is 0 Å². The minimum Gasteiger partial charge on any atom is -0.490 e. The van der Waals surface area contributed by atoms with Crippen molar-refractivity contribution in [2.45, 2.75) is 57.3 Å². The number of thioether (sulfide) groups is 2. The van der Waals surface area contributed by atoms with E-state index in [-0.39, 0.29) is 23.2 Å². The molecule has 1 unspecified atom stereocenters. The summed E-state index contributed by atoms with van der Waals surface area (Å²) in [7, 11) is 0. The number of benzene rings is 2. The van der Waals surface area contributed by atoms with Gasteiger partial charge in [-0.05, 0) is 47.4 Å². The Labute approximate surface area is 205 Å². The zero-order valence-corrected chi connectivity index (χ0v) is 21.5. The Morgan fingerprint density at radius 1 is 1.12 bits per heavy atom. The van der Waals surface area contributed by atoms with Gasteiger partial charge in [0.05, 0.1) is 0 Å². The molecule has 0 amide bonds. The molecule has 1 atom stereocenters. The molecule has 2 aromatic carbocycles. The Balaban J connectivity index is 1.52. The van der Waals surface area contributed by atoms with E-state index in [0.717, 1.165) is 29.9 Å². The summed E-state index contributed by atoms with van der Waals surface area (Å²) >= 11 is 3.04. The van der Waals surface area contributed by atoms with Gasteiger partial charge in [-0.2, -0.15) is 11.8 Å². The summed E-state index contributed by atoms with van der Waals surface area (Å²) < 4.78 is 17.4. The minimum atomic E-state index is -0.314. The number of hydrogen-bond donors (Lipinski definition) is 0. The number of nitrogens with zero attached hydrogens (tertiary/aromatic N) is 1. The lowest BCUT2D eigenvalue weighted by Gasteiger charge is -2.20. The van der Waals surface area contributed by atoms with Gasteiger partial charge in [-0.3, -0.25) is 4.79 Å². The van der Waals surface area contributed by atoms with Crippen LogP contribution in [0, 0.1) is 0 Å². The number of carbonyl (C=O) groups excluding carboxylic acids is 1. The summed E-state index contributed by atoms with van der Waals surface area (Å²) in [5.41, 5.74) is 2.84. The smallest absolute Gasteiger partial charge is 0.316 e. The highest BCUT2D eigenvalue weighted by atomic mass is 32.2. The maximum atomic E-state index is 12.5. The summed E-state index contributed by atoms with van der Waals surface area (Å²) in [6, 6.07) is 15.7. The Hall–Kier alpha value is -2.12. The molecule has 0 fully saturated rings. The van der Waals surface area contributed by atoms with Crippen LogP contribution in [0.25, 0.3) is 11.1 Å². The number of carbonyl (C=O) groups is 1. The predicted octanol–water partition coefficient (Wildman–Crippen LogP) is 6.74. The molecule has 1 aromatic heterocycles. The number of aromatic nitrogens is 1. The van der Waals surface area contributed by atoms with Crippen molar-refractivity contribution in [2.24, 2.45) is 0 Å². The monoisotopic (exact) mass is 487 g/mol. The maximum absolute atomic E-state index is 12.5. The Morgan fingerprint density at radius 3 is 2.58 bits per heavy atom. The molecule has 5 nitrogen and oxygen atoms in total. The summed E-state index contributed by atoms with van der Waals surface area (Å²) in [5, 5.41) is 0.470. The van der Waals surface area contributed by atoms with Gasteiger partial charge in [0.15, 0.2) is 5.58 Å². The van der Waals surface area contributed by atoms with Gasteiger partial charge in [0, 0.05) is 5.75 Å². The predicted molar refractivity (Wildman–Crippen MR) is 137 cm³/mol. The van der Waals surface area contributed by atoms with Crippen LogP contribution in [0.3, 0.4) is 0 Å². The number of esters is 1. The molecule has 0 radical (unpaired) electrons. The van der Waals surface area contributed by atoms with Gasteiger partial charge in [0.2, 0.25) is 0 Å². The number of para-hydroxylation sites is 2. The lowest BCUT2D eigenvalue weighted by molar-refractivity contribution is -0.145. The topological polar surface area (TPSA) is 61.6 Å². The van der Waals surface area contributed by atoms with Crippen LogP contribution in [0.5, 0.6) is 5.75 Å². The molecule has 0 spiro atoms. The molecule has 3 aromatic rings. The SMILES string of the molecule is CCCCSCC(COc1ccc(C(C)(C)C)cc1)OC(=O)CSc1nc2ccccc2o1. The van der Waals surface area contributed by atoms with E-state index in [1.165, 1.54) is 17.3 Å². The fourth-order valence-electron chi connectivity index (χ4n) is 3.07. The first-order valence-corrected chi connectivity index (χ1v) is 13.5. The second kappa shape index (κ2) is 12.4. The molecule has 0 bridgehead atoms. The van der Waals surface area contributed by atoms with E-state index in [1.807, 2.05) is 36.4 Å². The van der Waals surface area contributed by atoms with Gasteiger partial charge in [-0.25, -0.2) is 4.98 Å². The second-order valence-corrected chi connectivity index (χ2v) is 10.9. The molecular weight excluding hydrogens is 454 g/mol. The van der Waals surface area contributed by atoms with Crippen molar-refractivity contribution in [3.63, 3.8) is 0 Å². The number of unbranched alkanes of at least 4 members (excludes halogenated alkanes) is 1. The van der Waals surface area contributed by atoms with E-state index >= 15 is 0 Å². The fourth-order valence-corrected chi connectivity index (χ4v) is 4.78. The average Bonchev–Trinajstić information content (AvgIpc) is 3.21. The first-order chi connectivity index (χ1) is 15.8. The number of oxazole rings is 1. The summed E-state index contributed by atoms with van der Waals surface area (Å²) in [4.78, 5) is 16.9. The van der Waals surface area contributed by atoms with Gasteiger partial charge in [-0.1, -0.05) is 70.1 Å². The highest BCUT2D eigenvalue weighted by molar-refractivity contribution is 7.99. The van der Waals surface area contributed by atoms with Crippen LogP contribution in [0.1, 0.15) is 46.1 Å². The third-order valence-electron chi connectivity index (χ3n) is 4.99. The molecule has 0 aliphatic heterocycles. The molecule has 33 heavy (non-hydrogen) atoms. The average molecular weight is 488 g/mol. The zero-order chi connectivity index (χ0) is 23.7. The molecule has 0 aliphatic carbocycles. The van der Waals surface area contributed by atoms with Crippen LogP contribution in [0.15, 0.2) is 58.2 Å². The van der Waals surface area contributed by atoms with E-state index < -0.39 is 0 Å². The molecule has 178 valence electrons. The Morgan fingerprint density at radius 2 is 1.88 bits per heavy atom. The summed E-state index contributed by atoms with van der Waals surface area (Å²) in [6.07, 6.45) is 1.98. The van der Waals surface area contributed by atoms with E-state index in [0.29, 0.717) is 23.2 Å². The zero-order valence-electron chi connectivity index (χ0n) is 19.8. The number of ether oxygens (including phenoxy) is 2. The number of rotatable bonds is 12. The molecular formula is C26H33NO4S2. The first-order valence-electron chi connectivity index (χ1n) is 11.3. The van der Waals surface area contributed by atoms with Crippen molar-refractivity contribution < 1.29 is 18.7 Å². The normalized spacial score (nSPS) is 12.6. The lowest BCUT2D eigenvalue weighted by atomic mass is 9.87. The van der Waals surface area contributed by atoms with Crippen molar-refractivity contribution in [1.29, 1.82) is 0 Å². The van der Waals surface area contributed by atoms with E-state index in [1.54, 1.807) is 11.8 Å². The van der Waals surface area contributed by atoms with Crippen LogP contribution < -0.4 is 4.74 Å². The molecule has 1 heterocycles. The van der Waals surface area contributed by atoms with Crippen molar-refractivity contribution in [3.05, 3.63) is 54.1 Å². The van der Waals surface area contributed by atoms with Crippen molar-refractivity contribution in [3.8, 4) is 5.75 Å². The van der Waals surface area contributed by atoms with Crippen LogP contribution in [-0.2, 0) is 14.9 Å². The summed E-state index contributed by atoms with van der Waals surface area (Å²) in [5.74, 6) is 2.38. The standard InChI is InChI=1S/C26H33NO4S2/c1-5-6-15-32-17-21(16-29-20-13-11-19(12-14-20)26(2,3)4)30-24(28)18-33-25-27-22-9-7-8-10-23(22)31-25/h7-14,21H,5-6,15-18H2,1-4H3. The molecule has 7 heteroatoms. The van der Waals surface area contributed by atoms with Crippen LogP contribution in [0.2, 0.25) is 0 Å². The van der Waals surface area contributed by atoms with Crippen molar-refractivity contribution >= 4 is 40.6 Å². The van der Waals surface area contributed by atoms with Gasteiger partial charge < -0.3 is 13.9 Å². The van der Waals surface area contributed by atoms with E-state index in [2.05, 4.69) is 44.8 Å². The number of hydrogen-bond acceptors (Lipinski definition) is 7. The van der Waals surface area contributed by atoms with E-state index in [9.17, 15) is 4.79 Å². The van der Waals surface area contributed by atoms with Crippen molar-refractivity contribution in [1.82, 2.24) is 4.98 Å². The quantitative estimate of drug-likeness (QED) is 0.159. The molecule has 0 aliphatic rings. The Bertz CT molecular complexity index is 978. The second-order valence-electron chi connectivity index (χ2n) is 8.86. The van der Waals surface area contributed by atoms with E-state index in [4.69, 9.17) is 13.9 Å².